The largest absolute Gasteiger partial charge is 0.339 e. The van der Waals surface area contributed by atoms with Crippen molar-refractivity contribution in [2.75, 3.05) is 26.2 Å². The summed E-state index contributed by atoms with van der Waals surface area (Å²) in [5.74, 6) is -0.136. The van der Waals surface area contributed by atoms with Gasteiger partial charge >= 0.3 is 0 Å². The van der Waals surface area contributed by atoms with Crippen LogP contribution in [0.3, 0.4) is 0 Å². The maximum atomic E-state index is 12.8. The van der Waals surface area contributed by atoms with Crippen LogP contribution in [0, 0.1) is 6.92 Å². The first kappa shape index (κ1) is 19.4. The standard InChI is InChI=1S/C21H24ClN3O2/c1-15-3-5-16(6-4-15)19(23)21(27)25-12-2-11-24(13-14-25)20(26)17-7-9-18(22)10-8-17/h3-10,19H,2,11-14,23H2,1H3. The SMILES string of the molecule is Cc1ccc(C(N)C(=O)N2CCCN(C(=O)c3ccc(Cl)cc3)CC2)cc1. The lowest BCUT2D eigenvalue weighted by molar-refractivity contribution is -0.132. The summed E-state index contributed by atoms with van der Waals surface area (Å²) < 4.78 is 0. The molecule has 0 radical (unpaired) electrons. The maximum Gasteiger partial charge on any atom is 0.253 e. The molecule has 0 aromatic heterocycles. The molecule has 0 spiro atoms. The predicted molar refractivity (Wildman–Crippen MR) is 107 cm³/mol. The number of nitrogens with two attached hydrogens (primary N) is 1. The van der Waals surface area contributed by atoms with Gasteiger partial charge in [-0.3, -0.25) is 9.59 Å². The molecule has 1 unspecified atom stereocenters. The number of hydrogen-bond donors (Lipinski definition) is 1. The minimum absolute atomic E-state index is 0.0381. The number of halogens is 1. The molecule has 2 amide bonds. The fourth-order valence-corrected chi connectivity index (χ4v) is 3.36. The van der Waals surface area contributed by atoms with Gasteiger partial charge in [0.25, 0.3) is 5.91 Å². The predicted octanol–water partition coefficient (Wildman–Crippen LogP) is 3.02. The zero-order chi connectivity index (χ0) is 19.4. The van der Waals surface area contributed by atoms with Crippen molar-refractivity contribution in [1.29, 1.82) is 0 Å². The second kappa shape index (κ2) is 8.55. The lowest BCUT2D eigenvalue weighted by atomic mass is 10.0. The van der Waals surface area contributed by atoms with Crippen LogP contribution in [0.2, 0.25) is 5.02 Å². The van der Waals surface area contributed by atoms with Crippen molar-refractivity contribution in [3.8, 4) is 0 Å². The third-order valence-electron chi connectivity index (χ3n) is 4.89. The molecule has 2 aromatic carbocycles. The van der Waals surface area contributed by atoms with Crippen LogP contribution in [0.25, 0.3) is 0 Å². The quantitative estimate of drug-likeness (QED) is 0.883. The van der Waals surface area contributed by atoms with Crippen molar-refractivity contribution in [1.82, 2.24) is 9.80 Å². The van der Waals surface area contributed by atoms with E-state index in [9.17, 15) is 9.59 Å². The van der Waals surface area contributed by atoms with E-state index in [0.29, 0.717) is 36.8 Å². The maximum absolute atomic E-state index is 12.8. The molecule has 1 aliphatic rings. The monoisotopic (exact) mass is 385 g/mol. The van der Waals surface area contributed by atoms with Crippen LogP contribution in [0.4, 0.5) is 0 Å². The van der Waals surface area contributed by atoms with E-state index in [1.165, 1.54) is 0 Å². The molecule has 2 aromatic rings. The van der Waals surface area contributed by atoms with Crippen molar-refractivity contribution in [3.63, 3.8) is 0 Å². The summed E-state index contributed by atoms with van der Waals surface area (Å²) in [6.07, 6.45) is 0.728. The number of benzene rings is 2. The molecular weight excluding hydrogens is 362 g/mol. The first-order valence-electron chi connectivity index (χ1n) is 9.11. The lowest BCUT2D eigenvalue weighted by Gasteiger charge is -2.25. The highest BCUT2D eigenvalue weighted by Crippen LogP contribution is 2.17. The van der Waals surface area contributed by atoms with Gasteiger partial charge in [-0.05, 0) is 43.2 Å². The third-order valence-corrected chi connectivity index (χ3v) is 5.14. The van der Waals surface area contributed by atoms with Crippen LogP contribution in [-0.4, -0.2) is 47.8 Å². The molecule has 0 bridgehead atoms. The molecule has 1 heterocycles. The van der Waals surface area contributed by atoms with E-state index in [2.05, 4.69) is 0 Å². The van der Waals surface area contributed by atoms with Gasteiger partial charge in [0.15, 0.2) is 0 Å². The number of rotatable bonds is 3. The van der Waals surface area contributed by atoms with Crippen molar-refractivity contribution < 1.29 is 9.59 Å². The van der Waals surface area contributed by atoms with Gasteiger partial charge in [0, 0.05) is 36.8 Å². The average molecular weight is 386 g/mol. The molecule has 0 saturated carbocycles. The zero-order valence-electron chi connectivity index (χ0n) is 15.4. The van der Waals surface area contributed by atoms with Gasteiger partial charge in [-0.2, -0.15) is 0 Å². The van der Waals surface area contributed by atoms with E-state index >= 15 is 0 Å². The van der Waals surface area contributed by atoms with Gasteiger partial charge in [0.05, 0.1) is 0 Å². The summed E-state index contributed by atoms with van der Waals surface area (Å²) in [6, 6.07) is 13.9. The van der Waals surface area contributed by atoms with Crippen molar-refractivity contribution in [2.45, 2.75) is 19.4 Å². The minimum atomic E-state index is -0.677. The number of nitrogens with zero attached hydrogens (tertiary/aromatic N) is 2. The van der Waals surface area contributed by atoms with Crippen LogP contribution in [0.1, 0.15) is 33.9 Å². The third kappa shape index (κ3) is 4.67. The average Bonchev–Trinajstić information content (AvgIpc) is 2.94. The topological polar surface area (TPSA) is 66.6 Å². The molecule has 27 heavy (non-hydrogen) atoms. The van der Waals surface area contributed by atoms with Crippen molar-refractivity contribution in [3.05, 3.63) is 70.2 Å². The molecule has 1 atom stereocenters. The summed E-state index contributed by atoms with van der Waals surface area (Å²) >= 11 is 5.89. The van der Waals surface area contributed by atoms with Crippen LogP contribution in [0.5, 0.6) is 0 Å². The highest BCUT2D eigenvalue weighted by molar-refractivity contribution is 6.30. The first-order valence-corrected chi connectivity index (χ1v) is 9.49. The normalized spacial score (nSPS) is 16.0. The highest BCUT2D eigenvalue weighted by atomic mass is 35.5. The molecule has 5 nitrogen and oxygen atoms in total. The Labute approximate surface area is 164 Å². The molecule has 142 valence electrons. The Bertz CT molecular complexity index is 805. The van der Waals surface area contributed by atoms with Gasteiger partial charge in [-0.25, -0.2) is 0 Å². The van der Waals surface area contributed by atoms with E-state index in [1.54, 1.807) is 34.1 Å². The fourth-order valence-electron chi connectivity index (χ4n) is 3.23. The Morgan fingerprint density at radius 3 is 2.19 bits per heavy atom. The smallest absolute Gasteiger partial charge is 0.253 e. The van der Waals surface area contributed by atoms with Crippen LogP contribution < -0.4 is 5.73 Å². The number of carbonyl (C=O) groups excluding carboxylic acids is 2. The number of carbonyl (C=O) groups is 2. The highest BCUT2D eigenvalue weighted by Gasteiger charge is 2.26. The van der Waals surface area contributed by atoms with E-state index in [1.807, 2.05) is 31.2 Å². The molecule has 1 aliphatic heterocycles. The van der Waals surface area contributed by atoms with Gasteiger partial charge < -0.3 is 15.5 Å². The minimum Gasteiger partial charge on any atom is -0.339 e. The van der Waals surface area contributed by atoms with Gasteiger partial charge in [-0.1, -0.05) is 41.4 Å². The second-order valence-corrected chi connectivity index (χ2v) is 7.30. The Balaban J connectivity index is 1.63. The molecule has 6 heteroatoms. The Kier molecular flexibility index (Phi) is 6.14. The number of aryl methyl sites for hydroxylation is 1. The lowest BCUT2D eigenvalue weighted by Crippen LogP contribution is -2.41. The van der Waals surface area contributed by atoms with E-state index in [4.69, 9.17) is 17.3 Å². The van der Waals surface area contributed by atoms with E-state index < -0.39 is 6.04 Å². The summed E-state index contributed by atoms with van der Waals surface area (Å²) in [7, 11) is 0. The Hall–Kier alpha value is -2.37. The molecule has 1 fully saturated rings. The van der Waals surface area contributed by atoms with Crippen LogP contribution >= 0.6 is 11.6 Å². The molecule has 2 N–H and O–H groups in total. The van der Waals surface area contributed by atoms with Crippen molar-refractivity contribution >= 4 is 23.4 Å². The first-order chi connectivity index (χ1) is 13.0. The van der Waals surface area contributed by atoms with E-state index in [0.717, 1.165) is 17.5 Å². The number of hydrogen-bond acceptors (Lipinski definition) is 3. The number of amides is 2. The summed E-state index contributed by atoms with van der Waals surface area (Å²) in [5.41, 5.74) is 8.73. The summed E-state index contributed by atoms with van der Waals surface area (Å²) in [5, 5.41) is 0.601. The zero-order valence-corrected chi connectivity index (χ0v) is 16.2. The van der Waals surface area contributed by atoms with Crippen LogP contribution in [0.15, 0.2) is 48.5 Å². The second-order valence-electron chi connectivity index (χ2n) is 6.87. The van der Waals surface area contributed by atoms with Gasteiger partial charge in [0.1, 0.15) is 6.04 Å². The summed E-state index contributed by atoms with van der Waals surface area (Å²) in [6.45, 7) is 4.19. The molecule has 0 aliphatic carbocycles. The van der Waals surface area contributed by atoms with Crippen LogP contribution in [-0.2, 0) is 4.79 Å². The Morgan fingerprint density at radius 1 is 0.926 bits per heavy atom. The van der Waals surface area contributed by atoms with E-state index in [-0.39, 0.29) is 11.8 Å². The van der Waals surface area contributed by atoms with Gasteiger partial charge in [-0.15, -0.1) is 0 Å². The van der Waals surface area contributed by atoms with Gasteiger partial charge in [0.2, 0.25) is 5.91 Å². The van der Waals surface area contributed by atoms with Crippen molar-refractivity contribution in [2.24, 2.45) is 5.73 Å². The molecule has 3 rings (SSSR count). The molecular formula is C21H24ClN3O2. The molecule has 1 saturated heterocycles. The summed E-state index contributed by atoms with van der Waals surface area (Å²) in [4.78, 5) is 29.0. The Morgan fingerprint density at radius 2 is 1.52 bits per heavy atom. The fraction of sp³-hybridized carbons (Fsp3) is 0.333.